The lowest BCUT2D eigenvalue weighted by Gasteiger charge is -2.35. The van der Waals surface area contributed by atoms with Crippen LogP contribution in [0, 0.1) is 0 Å². The van der Waals surface area contributed by atoms with E-state index < -0.39 is 0 Å². The molecular formula is C12H25N3O2. The van der Waals surface area contributed by atoms with Crippen LogP contribution in [0.15, 0.2) is 5.16 Å². The Balaban J connectivity index is 2.68. The molecule has 0 aromatic rings. The predicted molar refractivity (Wildman–Crippen MR) is 68.2 cm³/mol. The monoisotopic (exact) mass is 243 g/mol. The summed E-state index contributed by atoms with van der Waals surface area (Å²) in [6.45, 7) is 3.31. The fourth-order valence-corrected chi connectivity index (χ4v) is 2.65. The average Bonchev–Trinajstić information content (AvgIpc) is 2.60. The molecule has 0 aliphatic carbocycles. The Hall–Kier alpha value is -0.810. The molecule has 1 rings (SSSR count). The first-order valence-electron chi connectivity index (χ1n) is 6.55. The number of amidine groups is 1. The molecule has 0 aromatic heterocycles. The van der Waals surface area contributed by atoms with Crippen molar-refractivity contribution in [2.24, 2.45) is 10.9 Å². The molecule has 0 saturated carbocycles. The van der Waals surface area contributed by atoms with Gasteiger partial charge in [0.2, 0.25) is 0 Å². The second kappa shape index (κ2) is 7.50. The highest BCUT2D eigenvalue weighted by atomic mass is 16.4. The number of nitrogens with zero attached hydrogens (tertiary/aromatic N) is 2. The molecule has 17 heavy (non-hydrogen) atoms. The van der Waals surface area contributed by atoms with Crippen molar-refractivity contribution >= 4 is 5.84 Å². The molecule has 1 aliphatic heterocycles. The number of aliphatic hydroxyl groups is 1. The van der Waals surface area contributed by atoms with E-state index in [4.69, 9.17) is 10.9 Å². The first kappa shape index (κ1) is 14.3. The zero-order chi connectivity index (χ0) is 12.7. The van der Waals surface area contributed by atoms with Crippen LogP contribution < -0.4 is 5.73 Å². The summed E-state index contributed by atoms with van der Waals surface area (Å²) in [5.41, 5.74) is 5.59. The van der Waals surface area contributed by atoms with Crippen LogP contribution in [0.3, 0.4) is 0 Å². The Morgan fingerprint density at radius 2 is 2.24 bits per heavy atom. The van der Waals surface area contributed by atoms with E-state index in [1.165, 1.54) is 19.3 Å². The Labute approximate surface area is 103 Å². The lowest BCUT2D eigenvalue weighted by molar-refractivity contribution is 0.0845. The summed E-state index contributed by atoms with van der Waals surface area (Å²) in [5.74, 6) is 0.276. The van der Waals surface area contributed by atoms with Crippen LogP contribution in [-0.2, 0) is 0 Å². The second-order valence-corrected chi connectivity index (χ2v) is 4.78. The van der Waals surface area contributed by atoms with Gasteiger partial charge >= 0.3 is 0 Å². The zero-order valence-electron chi connectivity index (χ0n) is 10.7. The van der Waals surface area contributed by atoms with E-state index in [0.29, 0.717) is 6.42 Å². The van der Waals surface area contributed by atoms with Crippen LogP contribution in [0.25, 0.3) is 0 Å². The number of rotatable bonds is 5. The van der Waals surface area contributed by atoms with Gasteiger partial charge in [-0.2, -0.15) is 0 Å². The molecule has 1 fully saturated rings. The molecule has 0 amide bonds. The third kappa shape index (κ3) is 4.16. The zero-order valence-corrected chi connectivity index (χ0v) is 10.7. The van der Waals surface area contributed by atoms with Gasteiger partial charge < -0.3 is 16.0 Å². The van der Waals surface area contributed by atoms with E-state index in [9.17, 15) is 5.11 Å². The van der Waals surface area contributed by atoms with Gasteiger partial charge in [-0.25, -0.2) is 0 Å². The summed E-state index contributed by atoms with van der Waals surface area (Å²) in [7, 11) is 0. The normalized spacial score (nSPS) is 25.5. The van der Waals surface area contributed by atoms with Crippen molar-refractivity contribution in [3.63, 3.8) is 0 Å². The van der Waals surface area contributed by atoms with Gasteiger partial charge in [-0.3, -0.25) is 4.90 Å². The van der Waals surface area contributed by atoms with Crippen LogP contribution in [0.1, 0.15) is 45.4 Å². The molecule has 0 spiro atoms. The summed E-state index contributed by atoms with van der Waals surface area (Å²) in [6.07, 6.45) is 6.15. The van der Waals surface area contributed by atoms with Gasteiger partial charge in [-0.1, -0.05) is 24.9 Å². The van der Waals surface area contributed by atoms with Crippen LogP contribution >= 0.6 is 0 Å². The van der Waals surface area contributed by atoms with E-state index in [2.05, 4.69) is 17.0 Å². The Morgan fingerprint density at radius 3 is 2.82 bits per heavy atom. The van der Waals surface area contributed by atoms with E-state index in [-0.39, 0.29) is 24.5 Å². The van der Waals surface area contributed by atoms with Crippen molar-refractivity contribution in [1.82, 2.24) is 4.90 Å². The predicted octanol–water partition coefficient (Wildman–Crippen LogP) is 1.14. The van der Waals surface area contributed by atoms with Crippen LogP contribution in [-0.4, -0.2) is 46.3 Å². The highest BCUT2D eigenvalue weighted by Gasteiger charge is 2.26. The third-order valence-electron chi connectivity index (χ3n) is 3.65. The largest absolute Gasteiger partial charge is 0.409 e. The molecule has 1 heterocycles. The summed E-state index contributed by atoms with van der Waals surface area (Å²) in [5, 5.41) is 21.2. The summed E-state index contributed by atoms with van der Waals surface area (Å²) >= 11 is 0. The molecule has 0 bridgehead atoms. The number of likely N-dealkylation sites (tertiary alicyclic amines) is 1. The number of hydrogen-bond acceptors (Lipinski definition) is 4. The van der Waals surface area contributed by atoms with Gasteiger partial charge in [0, 0.05) is 18.5 Å². The molecule has 100 valence electrons. The fourth-order valence-electron chi connectivity index (χ4n) is 2.65. The number of oxime groups is 1. The maximum Gasteiger partial charge on any atom is 0.140 e. The van der Waals surface area contributed by atoms with Crippen molar-refractivity contribution in [2.75, 3.05) is 13.2 Å². The average molecular weight is 243 g/mol. The summed E-state index contributed by atoms with van der Waals surface area (Å²) < 4.78 is 0. The van der Waals surface area contributed by atoms with Crippen LogP contribution in [0.5, 0.6) is 0 Å². The lowest BCUT2D eigenvalue weighted by Crippen LogP contribution is -2.46. The fraction of sp³-hybridized carbons (Fsp3) is 0.917. The number of aliphatic hydroxyl groups excluding tert-OH is 1. The van der Waals surface area contributed by atoms with Crippen molar-refractivity contribution in [3.8, 4) is 0 Å². The van der Waals surface area contributed by atoms with Crippen molar-refractivity contribution in [1.29, 1.82) is 0 Å². The maximum atomic E-state index is 9.47. The van der Waals surface area contributed by atoms with E-state index in [1.807, 2.05) is 0 Å². The van der Waals surface area contributed by atoms with Gasteiger partial charge in [-0.05, 0) is 25.8 Å². The summed E-state index contributed by atoms with van der Waals surface area (Å²) in [4.78, 5) is 2.34. The van der Waals surface area contributed by atoms with Gasteiger partial charge in [-0.15, -0.1) is 0 Å². The van der Waals surface area contributed by atoms with E-state index in [0.717, 1.165) is 19.4 Å². The molecule has 2 atom stereocenters. The Bertz CT molecular complexity index is 246. The first-order valence-corrected chi connectivity index (χ1v) is 6.55. The van der Waals surface area contributed by atoms with Gasteiger partial charge in [0.05, 0.1) is 6.61 Å². The smallest absolute Gasteiger partial charge is 0.140 e. The van der Waals surface area contributed by atoms with E-state index >= 15 is 0 Å². The molecule has 0 radical (unpaired) electrons. The Morgan fingerprint density at radius 1 is 1.47 bits per heavy atom. The molecular weight excluding hydrogens is 218 g/mol. The molecule has 1 aliphatic rings. The molecule has 5 heteroatoms. The quantitative estimate of drug-likeness (QED) is 0.293. The Kier molecular flexibility index (Phi) is 6.29. The standard InChI is InChI=1S/C12H25N3O2/c1-2-10(8-12(13)14-17)15-7-5-3-4-6-11(15)9-16/h10-11,16-17H,2-9H2,1H3,(H2,13,14). The van der Waals surface area contributed by atoms with Gasteiger partial charge in [0.15, 0.2) is 0 Å². The molecule has 5 nitrogen and oxygen atoms in total. The minimum atomic E-state index is 0.201. The molecule has 1 saturated heterocycles. The molecule has 4 N–H and O–H groups in total. The van der Waals surface area contributed by atoms with Crippen molar-refractivity contribution in [3.05, 3.63) is 0 Å². The first-order chi connectivity index (χ1) is 8.22. The van der Waals surface area contributed by atoms with Gasteiger partial charge in [0.25, 0.3) is 0 Å². The van der Waals surface area contributed by atoms with Crippen LogP contribution in [0.4, 0.5) is 0 Å². The minimum Gasteiger partial charge on any atom is -0.409 e. The van der Waals surface area contributed by atoms with Crippen molar-refractivity contribution in [2.45, 2.75) is 57.5 Å². The van der Waals surface area contributed by atoms with Crippen LogP contribution in [0.2, 0.25) is 0 Å². The molecule has 2 unspecified atom stereocenters. The maximum absolute atomic E-state index is 9.47. The second-order valence-electron chi connectivity index (χ2n) is 4.78. The highest BCUT2D eigenvalue weighted by Crippen LogP contribution is 2.21. The lowest BCUT2D eigenvalue weighted by atomic mass is 10.0. The van der Waals surface area contributed by atoms with Crippen molar-refractivity contribution < 1.29 is 10.3 Å². The molecule has 0 aromatic carbocycles. The topological polar surface area (TPSA) is 82.1 Å². The number of hydrogen-bond donors (Lipinski definition) is 3. The minimum absolute atomic E-state index is 0.201. The summed E-state index contributed by atoms with van der Waals surface area (Å²) in [6, 6.07) is 0.495. The third-order valence-corrected chi connectivity index (χ3v) is 3.65. The van der Waals surface area contributed by atoms with Gasteiger partial charge in [0.1, 0.15) is 5.84 Å². The number of nitrogens with two attached hydrogens (primary N) is 1. The SMILES string of the molecule is CCC(CC(N)=NO)N1CCCCCC1CO. The van der Waals surface area contributed by atoms with E-state index in [1.54, 1.807) is 0 Å². The highest BCUT2D eigenvalue weighted by molar-refractivity contribution is 5.80.